The Bertz CT molecular complexity index is 547. The van der Waals surface area contributed by atoms with E-state index in [-0.39, 0.29) is 5.56 Å². The van der Waals surface area contributed by atoms with E-state index in [1.54, 1.807) is 0 Å². The molecule has 2 aromatic carbocycles. The van der Waals surface area contributed by atoms with Gasteiger partial charge < -0.3 is 0 Å². The van der Waals surface area contributed by atoms with Crippen molar-refractivity contribution in [1.82, 2.24) is 5.43 Å². The van der Waals surface area contributed by atoms with Gasteiger partial charge in [-0.05, 0) is 36.1 Å². The van der Waals surface area contributed by atoms with Crippen LogP contribution < -0.4 is 11.3 Å². The number of rotatable bonds is 5. The Morgan fingerprint density at radius 1 is 1.00 bits per heavy atom. The van der Waals surface area contributed by atoms with Gasteiger partial charge in [-0.15, -0.1) is 0 Å². The lowest BCUT2D eigenvalue weighted by molar-refractivity contribution is 0.473. The highest BCUT2D eigenvalue weighted by Gasteiger charge is 2.19. The predicted molar refractivity (Wildman–Crippen MR) is 75.9 cm³/mol. The van der Waals surface area contributed by atoms with Crippen molar-refractivity contribution >= 4 is 0 Å². The van der Waals surface area contributed by atoms with Crippen molar-refractivity contribution in [2.24, 2.45) is 5.84 Å². The highest BCUT2D eigenvalue weighted by atomic mass is 19.1. The van der Waals surface area contributed by atoms with Crippen molar-refractivity contribution in [1.29, 1.82) is 0 Å². The van der Waals surface area contributed by atoms with Gasteiger partial charge in [0.15, 0.2) is 0 Å². The van der Waals surface area contributed by atoms with Gasteiger partial charge in [0.05, 0.1) is 6.04 Å². The minimum Gasteiger partial charge on any atom is -0.271 e. The van der Waals surface area contributed by atoms with E-state index in [0.29, 0.717) is 6.42 Å². The van der Waals surface area contributed by atoms with Crippen LogP contribution in [0.5, 0.6) is 0 Å². The van der Waals surface area contributed by atoms with Crippen LogP contribution in [0.1, 0.15) is 29.7 Å². The van der Waals surface area contributed by atoms with Gasteiger partial charge in [-0.1, -0.05) is 37.3 Å². The summed E-state index contributed by atoms with van der Waals surface area (Å²) in [7, 11) is 0. The summed E-state index contributed by atoms with van der Waals surface area (Å²) in [6.45, 7) is 2.08. The molecule has 0 bridgehead atoms. The van der Waals surface area contributed by atoms with Gasteiger partial charge in [-0.25, -0.2) is 8.78 Å². The van der Waals surface area contributed by atoms with E-state index in [4.69, 9.17) is 5.84 Å². The van der Waals surface area contributed by atoms with Crippen molar-refractivity contribution in [3.8, 4) is 0 Å². The quantitative estimate of drug-likeness (QED) is 0.649. The monoisotopic (exact) mass is 276 g/mol. The largest absolute Gasteiger partial charge is 0.271 e. The molecule has 0 saturated heterocycles. The van der Waals surface area contributed by atoms with Gasteiger partial charge in [-0.3, -0.25) is 11.3 Å². The minimum atomic E-state index is -0.594. The number of nitrogens with two attached hydrogens (primary N) is 1. The fraction of sp³-hybridized carbons (Fsp3) is 0.250. The molecule has 0 saturated carbocycles. The summed E-state index contributed by atoms with van der Waals surface area (Å²) in [4.78, 5) is 0. The molecule has 0 aliphatic heterocycles. The molecule has 0 aromatic heterocycles. The van der Waals surface area contributed by atoms with Crippen LogP contribution in [0.25, 0.3) is 0 Å². The summed E-state index contributed by atoms with van der Waals surface area (Å²) in [5.74, 6) is 4.29. The second kappa shape index (κ2) is 6.59. The highest BCUT2D eigenvalue weighted by Crippen LogP contribution is 2.23. The van der Waals surface area contributed by atoms with Gasteiger partial charge in [-0.2, -0.15) is 0 Å². The van der Waals surface area contributed by atoms with Crippen LogP contribution in [0.15, 0.2) is 42.5 Å². The molecule has 0 spiro atoms. The number of aryl methyl sites for hydroxylation is 1. The molecule has 0 radical (unpaired) electrons. The molecule has 2 nitrogen and oxygen atoms in total. The van der Waals surface area contributed by atoms with E-state index in [0.717, 1.165) is 12.0 Å². The summed E-state index contributed by atoms with van der Waals surface area (Å²) in [5.41, 5.74) is 4.68. The fourth-order valence-electron chi connectivity index (χ4n) is 2.23. The van der Waals surface area contributed by atoms with Crippen molar-refractivity contribution in [2.45, 2.75) is 25.8 Å². The summed E-state index contributed by atoms with van der Waals surface area (Å²) < 4.78 is 27.5. The summed E-state index contributed by atoms with van der Waals surface area (Å²) in [6, 6.07) is 11.2. The van der Waals surface area contributed by atoms with Gasteiger partial charge in [0.1, 0.15) is 11.6 Å². The standard InChI is InChI=1S/C16H18F2N2/c1-2-11-6-8-12(9-7-11)10-15(20-19)16-13(17)4-3-5-14(16)18/h3-9,15,20H,2,10,19H2,1H3. The molecule has 106 valence electrons. The molecule has 2 rings (SSSR count). The lowest BCUT2D eigenvalue weighted by Gasteiger charge is -2.18. The Kier molecular flexibility index (Phi) is 4.82. The zero-order valence-corrected chi connectivity index (χ0v) is 11.4. The van der Waals surface area contributed by atoms with Crippen LogP contribution in [0.4, 0.5) is 8.78 Å². The minimum absolute atomic E-state index is 0.0189. The maximum absolute atomic E-state index is 13.8. The van der Waals surface area contributed by atoms with Crippen LogP contribution in [0.3, 0.4) is 0 Å². The highest BCUT2D eigenvalue weighted by molar-refractivity contribution is 5.28. The zero-order valence-electron chi connectivity index (χ0n) is 11.4. The van der Waals surface area contributed by atoms with Gasteiger partial charge in [0.2, 0.25) is 0 Å². The zero-order chi connectivity index (χ0) is 14.5. The first-order valence-corrected chi connectivity index (χ1v) is 6.63. The molecule has 1 unspecified atom stereocenters. The van der Waals surface area contributed by atoms with Gasteiger partial charge in [0, 0.05) is 5.56 Å². The Morgan fingerprint density at radius 3 is 2.05 bits per heavy atom. The molecule has 0 heterocycles. The molecule has 1 atom stereocenters. The molecule has 3 N–H and O–H groups in total. The number of nitrogens with one attached hydrogen (secondary N) is 1. The Labute approximate surface area is 117 Å². The predicted octanol–water partition coefficient (Wildman–Crippen LogP) is 3.27. The average molecular weight is 276 g/mol. The fourth-order valence-corrected chi connectivity index (χ4v) is 2.23. The molecule has 0 fully saturated rings. The molecule has 4 heteroatoms. The van der Waals surface area contributed by atoms with E-state index in [9.17, 15) is 8.78 Å². The van der Waals surface area contributed by atoms with Crippen molar-refractivity contribution < 1.29 is 8.78 Å². The van der Waals surface area contributed by atoms with E-state index in [1.807, 2.05) is 24.3 Å². The molecule has 20 heavy (non-hydrogen) atoms. The van der Waals surface area contributed by atoms with Crippen molar-refractivity contribution in [3.63, 3.8) is 0 Å². The summed E-state index contributed by atoms with van der Waals surface area (Å²) in [5, 5.41) is 0. The van der Waals surface area contributed by atoms with Crippen LogP contribution in [-0.4, -0.2) is 0 Å². The number of hydrazine groups is 1. The third-order valence-corrected chi connectivity index (χ3v) is 3.42. The lowest BCUT2D eigenvalue weighted by atomic mass is 9.97. The second-order valence-electron chi connectivity index (χ2n) is 4.73. The average Bonchev–Trinajstić information content (AvgIpc) is 2.46. The smallest absolute Gasteiger partial charge is 0.130 e. The topological polar surface area (TPSA) is 38.0 Å². The number of halogens is 2. The third kappa shape index (κ3) is 3.21. The van der Waals surface area contributed by atoms with E-state index in [2.05, 4.69) is 12.3 Å². The van der Waals surface area contributed by atoms with Gasteiger partial charge >= 0.3 is 0 Å². The summed E-state index contributed by atoms with van der Waals surface area (Å²) >= 11 is 0. The molecule has 0 aliphatic rings. The third-order valence-electron chi connectivity index (χ3n) is 3.42. The Balaban J connectivity index is 2.24. The maximum atomic E-state index is 13.8. The number of benzene rings is 2. The maximum Gasteiger partial charge on any atom is 0.130 e. The lowest BCUT2D eigenvalue weighted by Crippen LogP contribution is -2.31. The van der Waals surface area contributed by atoms with Crippen LogP contribution in [-0.2, 0) is 12.8 Å². The molecule has 0 amide bonds. The SMILES string of the molecule is CCc1ccc(CC(NN)c2c(F)cccc2F)cc1. The molecule has 0 aliphatic carbocycles. The number of hydrogen-bond donors (Lipinski definition) is 2. The van der Waals surface area contributed by atoms with Crippen LogP contribution in [0.2, 0.25) is 0 Å². The first-order valence-electron chi connectivity index (χ1n) is 6.63. The first kappa shape index (κ1) is 14.6. The van der Waals surface area contributed by atoms with E-state index < -0.39 is 17.7 Å². The van der Waals surface area contributed by atoms with Crippen LogP contribution >= 0.6 is 0 Å². The normalized spacial score (nSPS) is 12.4. The molecule has 2 aromatic rings. The van der Waals surface area contributed by atoms with E-state index >= 15 is 0 Å². The van der Waals surface area contributed by atoms with Gasteiger partial charge in [0.25, 0.3) is 0 Å². The molecular formula is C16H18F2N2. The second-order valence-corrected chi connectivity index (χ2v) is 4.73. The Morgan fingerprint density at radius 2 is 1.55 bits per heavy atom. The first-order chi connectivity index (χ1) is 9.65. The summed E-state index contributed by atoms with van der Waals surface area (Å²) in [6.07, 6.45) is 1.39. The van der Waals surface area contributed by atoms with Crippen molar-refractivity contribution in [2.75, 3.05) is 0 Å². The van der Waals surface area contributed by atoms with E-state index in [1.165, 1.54) is 23.8 Å². The number of hydrogen-bond acceptors (Lipinski definition) is 2. The molecular weight excluding hydrogens is 258 g/mol. The van der Waals surface area contributed by atoms with Crippen LogP contribution in [0, 0.1) is 11.6 Å². The Hall–Kier alpha value is -1.78. The van der Waals surface area contributed by atoms with Crippen molar-refractivity contribution in [3.05, 3.63) is 70.8 Å².